The van der Waals surface area contributed by atoms with E-state index in [2.05, 4.69) is 19.2 Å². The first-order valence-corrected chi connectivity index (χ1v) is 7.22. The lowest BCUT2D eigenvalue weighted by molar-refractivity contribution is 0.0470. The Morgan fingerprint density at radius 1 is 0.944 bits per heavy atom. The van der Waals surface area contributed by atoms with Crippen LogP contribution in [0.3, 0.4) is 0 Å². The molecular weight excluding hydrogens is 230 g/mol. The summed E-state index contributed by atoms with van der Waals surface area (Å²) in [6.45, 7) is 9.16. The van der Waals surface area contributed by atoms with Gasteiger partial charge in [0, 0.05) is 26.4 Å². The van der Waals surface area contributed by atoms with E-state index in [1.807, 2.05) is 0 Å². The molecule has 0 fully saturated rings. The van der Waals surface area contributed by atoms with Crippen molar-refractivity contribution in [1.29, 1.82) is 0 Å². The van der Waals surface area contributed by atoms with Crippen molar-refractivity contribution in [3.05, 3.63) is 0 Å². The van der Waals surface area contributed by atoms with Crippen LogP contribution in [0.25, 0.3) is 0 Å². The Balaban J connectivity index is 3.31. The van der Waals surface area contributed by atoms with Crippen molar-refractivity contribution >= 4 is 0 Å². The fourth-order valence-corrected chi connectivity index (χ4v) is 1.67. The van der Waals surface area contributed by atoms with Crippen LogP contribution in [0.2, 0.25) is 0 Å². The molecule has 0 saturated heterocycles. The SMILES string of the molecule is CCCNC(CCC)COCCCOCCOC. The predicted molar refractivity (Wildman–Crippen MR) is 75.1 cm³/mol. The lowest BCUT2D eigenvalue weighted by Crippen LogP contribution is -2.34. The van der Waals surface area contributed by atoms with Crippen LogP contribution >= 0.6 is 0 Å². The zero-order valence-corrected chi connectivity index (χ0v) is 12.4. The van der Waals surface area contributed by atoms with Crippen molar-refractivity contribution in [2.75, 3.05) is 46.7 Å². The van der Waals surface area contributed by atoms with Crippen molar-refractivity contribution in [2.45, 2.75) is 45.6 Å². The minimum Gasteiger partial charge on any atom is -0.382 e. The van der Waals surface area contributed by atoms with Crippen LogP contribution in [-0.4, -0.2) is 52.7 Å². The summed E-state index contributed by atoms with van der Waals surface area (Å²) in [6.07, 6.45) is 4.51. The maximum absolute atomic E-state index is 5.68. The summed E-state index contributed by atoms with van der Waals surface area (Å²) in [6, 6.07) is 0.504. The summed E-state index contributed by atoms with van der Waals surface area (Å²) in [5, 5.41) is 3.52. The van der Waals surface area contributed by atoms with E-state index in [0.29, 0.717) is 19.3 Å². The van der Waals surface area contributed by atoms with E-state index in [1.165, 1.54) is 19.3 Å². The molecule has 4 nitrogen and oxygen atoms in total. The second-order valence-electron chi connectivity index (χ2n) is 4.47. The molecule has 1 atom stereocenters. The minimum absolute atomic E-state index is 0.504. The molecule has 4 heteroatoms. The van der Waals surface area contributed by atoms with Crippen LogP contribution in [0.4, 0.5) is 0 Å². The topological polar surface area (TPSA) is 39.7 Å². The fraction of sp³-hybridized carbons (Fsp3) is 1.00. The van der Waals surface area contributed by atoms with Crippen LogP contribution in [0.1, 0.15) is 39.5 Å². The van der Waals surface area contributed by atoms with Crippen LogP contribution in [0.15, 0.2) is 0 Å². The second kappa shape index (κ2) is 14.9. The summed E-state index contributed by atoms with van der Waals surface area (Å²) in [4.78, 5) is 0. The summed E-state index contributed by atoms with van der Waals surface area (Å²) in [7, 11) is 1.68. The maximum atomic E-state index is 5.68. The van der Waals surface area contributed by atoms with Gasteiger partial charge in [0.1, 0.15) is 0 Å². The first-order chi connectivity index (χ1) is 8.85. The van der Waals surface area contributed by atoms with E-state index >= 15 is 0 Å². The molecule has 18 heavy (non-hydrogen) atoms. The van der Waals surface area contributed by atoms with Crippen LogP contribution < -0.4 is 5.32 Å². The second-order valence-corrected chi connectivity index (χ2v) is 4.47. The summed E-state index contributed by atoms with van der Waals surface area (Å²) >= 11 is 0. The Hall–Kier alpha value is -0.160. The predicted octanol–water partition coefficient (Wildman–Crippen LogP) is 2.22. The van der Waals surface area contributed by atoms with Crippen LogP contribution in [0.5, 0.6) is 0 Å². The van der Waals surface area contributed by atoms with Gasteiger partial charge in [-0.15, -0.1) is 0 Å². The molecule has 0 aromatic carbocycles. The molecule has 0 aromatic heterocycles. The normalized spacial score (nSPS) is 12.8. The molecule has 0 aliphatic carbocycles. The molecule has 0 rings (SSSR count). The van der Waals surface area contributed by atoms with Gasteiger partial charge in [0.15, 0.2) is 0 Å². The van der Waals surface area contributed by atoms with Crippen molar-refractivity contribution in [2.24, 2.45) is 0 Å². The molecule has 0 radical (unpaired) electrons. The molecule has 0 aliphatic heterocycles. The average molecular weight is 261 g/mol. The van der Waals surface area contributed by atoms with Crippen molar-refractivity contribution in [1.82, 2.24) is 5.32 Å². The number of ether oxygens (including phenoxy) is 3. The quantitative estimate of drug-likeness (QED) is 0.487. The van der Waals surface area contributed by atoms with E-state index in [0.717, 1.165) is 32.8 Å². The molecule has 0 saturated carbocycles. The standard InChI is InChI=1S/C14H31NO3/c1-4-7-14(15-8-5-2)13-18-10-6-9-17-12-11-16-3/h14-15H,4-13H2,1-3H3. The van der Waals surface area contributed by atoms with Gasteiger partial charge in [0.25, 0.3) is 0 Å². The molecule has 1 N–H and O–H groups in total. The van der Waals surface area contributed by atoms with Crippen molar-refractivity contribution < 1.29 is 14.2 Å². The maximum Gasteiger partial charge on any atom is 0.0700 e. The third kappa shape index (κ3) is 12.3. The van der Waals surface area contributed by atoms with Crippen LogP contribution in [0, 0.1) is 0 Å². The number of nitrogens with one attached hydrogen (secondary N) is 1. The lowest BCUT2D eigenvalue weighted by Gasteiger charge is -2.17. The molecule has 1 unspecified atom stereocenters. The minimum atomic E-state index is 0.504. The largest absolute Gasteiger partial charge is 0.382 e. The summed E-state index contributed by atoms with van der Waals surface area (Å²) in [5.74, 6) is 0. The van der Waals surface area contributed by atoms with Gasteiger partial charge < -0.3 is 19.5 Å². The molecule has 110 valence electrons. The van der Waals surface area contributed by atoms with Gasteiger partial charge in [-0.25, -0.2) is 0 Å². The highest BCUT2D eigenvalue weighted by atomic mass is 16.5. The molecular formula is C14H31NO3. The first-order valence-electron chi connectivity index (χ1n) is 7.22. The van der Waals surface area contributed by atoms with E-state index in [9.17, 15) is 0 Å². The highest BCUT2D eigenvalue weighted by molar-refractivity contribution is 4.64. The van der Waals surface area contributed by atoms with E-state index < -0.39 is 0 Å². The monoisotopic (exact) mass is 261 g/mol. The van der Waals surface area contributed by atoms with Gasteiger partial charge in [0.05, 0.1) is 19.8 Å². The number of hydrogen-bond donors (Lipinski definition) is 1. The Labute approximate surface area is 112 Å². The first kappa shape index (κ1) is 17.8. The molecule has 0 aromatic rings. The number of methoxy groups -OCH3 is 1. The van der Waals surface area contributed by atoms with Gasteiger partial charge in [-0.2, -0.15) is 0 Å². The zero-order chi connectivity index (χ0) is 13.5. The number of hydrogen-bond acceptors (Lipinski definition) is 4. The molecule has 0 aliphatic rings. The smallest absolute Gasteiger partial charge is 0.0700 e. The highest BCUT2D eigenvalue weighted by Gasteiger charge is 2.05. The van der Waals surface area contributed by atoms with Gasteiger partial charge in [0.2, 0.25) is 0 Å². The summed E-state index contributed by atoms with van der Waals surface area (Å²) < 4.78 is 16.0. The van der Waals surface area contributed by atoms with Gasteiger partial charge in [-0.3, -0.25) is 0 Å². The van der Waals surface area contributed by atoms with Crippen molar-refractivity contribution in [3.63, 3.8) is 0 Å². The highest BCUT2D eigenvalue weighted by Crippen LogP contribution is 1.98. The van der Waals surface area contributed by atoms with E-state index in [4.69, 9.17) is 14.2 Å². The van der Waals surface area contributed by atoms with E-state index in [1.54, 1.807) is 7.11 Å². The number of rotatable bonds is 14. The fourth-order valence-electron chi connectivity index (χ4n) is 1.67. The average Bonchev–Trinajstić information content (AvgIpc) is 2.39. The third-order valence-electron chi connectivity index (χ3n) is 2.65. The molecule has 0 heterocycles. The Morgan fingerprint density at radius 3 is 2.39 bits per heavy atom. The third-order valence-corrected chi connectivity index (χ3v) is 2.65. The zero-order valence-electron chi connectivity index (χ0n) is 12.4. The van der Waals surface area contributed by atoms with Gasteiger partial charge in [-0.1, -0.05) is 20.3 Å². The Bertz CT molecular complexity index is 156. The van der Waals surface area contributed by atoms with Crippen molar-refractivity contribution in [3.8, 4) is 0 Å². The van der Waals surface area contributed by atoms with E-state index in [-0.39, 0.29) is 0 Å². The molecule has 0 bridgehead atoms. The lowest BCUT2D eigenvalue weighted by atomic mass is 10.2. The molecule has 0 amide bonds. The Kier molecular flexibility index (Phi) is 14.8. The summed E-state index contributed by atoms with van der Waals surface area (Å²) in [5.41, 5.74) is 0. The van der Waals surface area contributed by atoms with Gasteiger partial charge in [-0.05, 0) is 25.8 Å². The molecule has 0 spiro atoms. The van der Waals surface area contributed by atoms with Crippen LogP contribution in [-0.2, 0) is 14.2 Å². The Morgan fingerprint density at radius 2 is 1.72 bits per heavy atom. The van der Waals surface area contributed by atoms with Gasteiger partial charge >= 0.3 is 0 Å².